The predicted molar refractivity (Wildman–Crippen MR) is 68.4 cm³/mol. The lowest BCUT2D eigenvalue weighted by molar-refractivity contribution is -0.146. The zero-order valence-electron chi connectivity index (χ0n) is 11.1. The molecule has 18 heavy (non-hydrogen) atoms. The molecule has 0 spiro atoms. The van der Waals surface area contributed by atoms with E-state index in [9.17, 15) is 9.59 Å². The van der Waals surface area contributed by atoms with Crippen LogP contribution in [-0.2, 0) is 4.79 Å². The third kappa shape index (κ3) is 8.81. The zero-order valence-corrected chi connectivity index (χ0v) is 11.1. The highest BCUT2D eigenvalue weighted by Gasteiger charge is 2.13. The Morgan fingerprint density at radius 3 is 2.44 bits per heavy atom. The van der Waals surface area contributed by atoms with Gasteiger partial charge in [-0.2, -0.15) is 0 Å². The first kappa shape index (κ1) is 16.7. The van der Waals surface area contributed by atoms with Gasteiger partial charge in [0.15, 0.2) is 6.10 Å². The van der Waals surface area contributed by atoms with Gasteiger partial charge in [0, 0.05) is 19.0 Å². The van der Waals surface area contributed by atoms with Gasteiger partial charge < -0.3 is 20.8 Å². The summed E-state index contributed by atoms with van der Waals surface area (Å²) in [6, 6.07) is -0.225. The van der Waals surface area contributed by atoms with Crippen LogP contribution >= 0.6 is 0 Å². The lowest BCUT2D eigenvalue weighted by Gasteiger charge is -2.14. The van der Waals surface area contributed by atoms with E-state index in [0.717, 1.165) is 25.7 Å². The molecule has 0 fully saturated rings. The molecule has 106 valence electrons. The predicted octanol–water partition coefficient (Wildman–Crippen LogP) is 1.09. The third-order valence-corrected chi connectivity index (χ3v) is 2.61. The summed E-state index contributed by atoms with van der Waals surface area (Å²) in [7, 11) is 0. The molecule has 0 rings (SSSR count). The van der Waals surface area contributed by atoms with Crippen LogP contribution in [0.25, 0.3) is 0 Å². The van der Waals surface area contributed by atoms with Gasteiger partial charge >= 0.3 is 12.0 Å². The summed E-state index contributed by atoms with van der Waals surface area (Å²) in [6.07, 6.45) is 2.89. The number of aliphatic hydroxyl groups excluding tert-OH is 1. The Balaban J connectivity index is 3.61. The summed E-state index contributed by atoms with van der Waals surface area (Å²) >= 11 is 0. The minimum atomic E-state index is -1.42. The standard InChI is InChI=1S/C12H24N2O4/c1-3-4-5-6-9(2)14-12(18)13-8-7-10(15)11(16)17/h9-10,15H,3-8H2,1-2H3,(H,16,17)(H2,13,14,18). The van der Waals surface area contributed by atoms with E-state index in [0.29, 0.717) is 0 Å². The summed E-state index contributed by atoms with van der Waals surface area (Å²) < 4.78 is 0. The number of aliphatic carboxylic acids is 1. The Morgan fingerprint density at radius 2 is 1.89 bits per heavy atom. The highest BCUT2D eigenvalue weighted by atomic mass is 16.4. The average Bonchev–Trinajstić information content (AvgIpc) is 2.28. The van der Waals surface area contributed by atoms with Gasteiger partial charge in [-0.1, -0.05) is 26.2 Å². The molecule has 4 N–H and O–H groups in total. The van der Waals surface area contributed by atoms with Gasteiger partial charge in [-0.15, -0.1) is 0 Å². The fourth-order valence-corrected chi connectivity index (χ4v) is 1.49. The molecule has 0 saturated heterocycles. The number of carbonyl (C=O) groups excluding carboxylic acids is 1. The Kier molecular flexibility index (Phi) is 9.00. The molecule has 0 aliphatic carbocycles. The number of unbranched alkanes of at least 4 members (excludes halogenated alkanes) is 2. The largest absolute Gasteiger partial charge is 0.479 e. The van der Waals surface area contributed by atoms with E-state index in [1.165, 1.54) is 0 Å². The molecule has 2 unspecified atom stereocenters. The van der Waals surface area contributed by atoms with E-state index >= 15 is 0 Å². The Hall–Kier alpha value is -1.30. The van der Waals surface area contributed by atoms with Crippen molar-refractivity contribution in [2.24, 2.45) is 0 Å². The second-order valence-electron chi connectivity index (χ2n) is 4.44. The van der Waals surface area contributed by atoms with Crippen LogP contribution in [0, 0.1) is 0 Å². The Morgan fingerprint density at radius 1 is 1.22 bits per heavy atom. The molecule has 0 aliphatic heterocycles. The molecule has 0 aromatic heterocycles. The third-order valence-electron chi connectivity index (χ3n) is 2.61. The van der Waals surface area contributed by atoms with Gasteiger partial charge in [0.2, 0.25) is 0 Å². The number of aliphatic hydroxyl groups is 1. The Labute approximate surface area is 108 Å². The SMILES string of the molecule is CCCCCC(C)NC(=O)NCCC(O)C(=O)O. The quantitative estimate of drug-likeness (QED) is 0.466. The maximum absolute atomic E-state index is 11.4. The highest BCUT2D eigenvalue weighted by molar-refractivity contribution is 5.74. The number of hydrogen-bond acceptors (Lipinski definition) is 3. The number of carbonyl (C=O) groups is 2. The maximum atomic E-state index is 11.4. The molecule has 0 heterocycles. The van der Waals surface area contributed by atoms with Gasteiger partial charge in [-0.25, -0.2) is 9.59 Å². The van der Waals surface area contributed by atoms with E-state index < -0.39 is 12.1 Å². The van der Waals surface area contributed by atoms with Gasteiger partial charge in [0.1, 0.15) is 0 Å². The fraction of sp³-hybridized carbons (Fsp3) is 0.833. The molecule has 0 radical (unpaired) electrons. The van der Waals surface area contributed by atoms with Crippen LogP contribution in [0.4, 0.5) is 4.79 Å². The molecular formula is C12H24N2O4. The van der Waals surface area contributed by atoms with E-state index in [1.807, 2.05) is 6.92 Å². The molecule has 0 bridgehead atoms. The summed E-state index contributed by atoms with van der Waals surface area (Å²) in [4.78, 5) is 21.7. The van der Waals surface area contributed by atoms with Gasteiger partial charge in [0.05, 0.1) is 0 Å². The number of urea groups is 1. The molecule has 0 aromatic carbocycles. The van der Waals surface area contributed by atoms with E-state index in [-0.39, 0.29) is 25.0 Å². The summed E-state index contributed by atoms with van der Waals surface area (Å²) in [6.45, 7) is 4.20. The molecule has 0 aromatic rings. The van der Waals surface area contributed by atoms with Crippen molar-refractivity contribution >= 4 is 12.0 Å². The van der Waals surface area contributed by atoms with E-state index in [2.05, 4.69) is 17.6 Å². The van der Waals surface area contributed by atoms with Crippen molar-refractivity contribution in [3.63, 3.8) is 0 Å². The van der Waals surface area contributed by atoms with Crippen molar-refractivity contribution < 1.29 is 19.8 Å². The normalized spacial score (nSPS) is 13.7. The fourth-order valence-electron chi connectivity index (χ4n) is 1.49. The molecule has 6 heteroatoms. The first-order valence-corrected chi connectivity index (χ1v) is 6.42. The number of amides is 2. The topological polar surface area (TPSA) is 98.7 Å². The molecule has 2 amide bonds. The second kappa shape index (κ2) is 9.70. The monoisotopic (exact) mass is 260 g/mol. The number of rotatable bonds is 9. The second-order valence-corrected chi connectivity index (χ2v) is 4.44. The number of carboxylic acid groups (broad SMARTS) is 1. The molecule has 2 atom stereocenters. The van der Waals surface area contributed by atoms with Gasteiger partial charge in [0.25, 0.3) is 0 Å². The van der Waals surface area contributed by atoms with Crippen LogP contribution < -0.4 is 10.6 Å². The van der Waals surface area contributed by atoms with Crippen LogP contribution in [0.15, 0.2) is 0 Å². The van der Waals surface area contributed by atoms with Crippen molar-refractivity contribution in [1.82, 2.24) is 10.6 Å². The summed E-state index contributed by atoms with van der Waals surface area (Å²) in [5.74, 6) is -1.27. The number of carboxylic acids is 1. The smallest absolute Gasteiger partial charge is 0.332 e. The zero-order chi connectivity index (χ0) is 14.0. The number of hydrogen-bond donors (Lipinski definition) is 4. The van der Waals surface area contributed by atoms with E-state index in [4.69, 9.17) is 10.2 Å². The van der Waals surface area contributed by atoms with Crippen molar-refractivity contribution in [3.8, 4) is 0 Å². The van der Waals surface area contributed by atoms with Crippen LogP contribution in [0.1, 0.15) is 46.0 Å². The molecule has 6 nitrogen and oxygen atoms in total. The lowest BCUT2D eigenvalue weighted by Crippen LogP contribution is -2.42. The van der Waals surface area contributed by atoms with Crippen LogP contribution in [-0.4, -0.2) is 40.9 Å². The number of nitrogens with one attached hydrogen (secondary N) is 2. The first-order valence-electron chi connectivity index (χ1n) is 6.42. The lowest BCUT2D eigenvalue weighted by atomic mass is 10.1. The van der Waals surface area contributed by atoms with Crippen LogP contribution in [0.2, 0.25) is 0 Å². The molecular weight excluding hydrogens is 236 g/mol. The van der Waals surface area contributed by atoms with Gasteiger partial charge in [-0.05, 0) is 13.3 Å². The van der Waals surface area contributed by atoms with Crippen molar-refractivity contribution in [2.75, 3.05) is 6.54 Å². The van der Waals surface area contributed by atoms with Crippen LogP contribution in [0.3, 0.4) is 0 Å². The average molecular weight is 260 g/mol. The summed E-state index contributed by atoms with van der Waals surface area (Å²) in [5.41, 5.74) is 0. The summed E-state index contributed by atoms with van der Waals surface area (Å²) in [5, 5.41) is 22.7. The van der Waals surface area contributed by atoms with Crippen molar-refractivity contribution in [2.45, 2.75) is 58.1 Å². The van der Waals surface area contributed by atoms with E-state index in [1.54, 1.807) is 0 Å². The highest BCUT2D eigenvalue weighted by Crippen LogP contribution is 2.02. The minimum absolute atomic E-state index is 0.00691. The van der Waals surface area contributed by atoms with Gasteiger partial charge in [-0.3, -0.25) is 0 Å². The minimum Gasteiger partial charge on any atom is -0.479 e. The van der Waals surface area contributed by atoms with Crippen LogP contribution in [0.5, 0.6) is 0 Å². The Bertz CT molecular complexity index is 258. The molecule has 0 aliphatic rings. The molecule has 0 saturated carbocycles. The maximum Gasteiger partial charge on any atom is 0.332 e. The first-order chi connectivity index (χ1) is 8.47. The van der Waals surface area contributed by atoms with Crippen molar-refractivity contribution in [3.05, 3.63) is 0 Å². The van der Waals surface area contributed by atoms with Crippen molar-refractivity contribution in [1.29, 1.82) is 0 Å².